The molecule has 1 fully saturated rings. The molecule has 0 unspecified atom stereocenters. The fraction of sp³-hybridized carbons (Fsp3) is 0.636. The van der Waals surface area contributed by atoms with E-state index in [1.54, 1.807) is 0 Å². The van der Waals surface area contributed by atoms with Crippen LogP contribution < -0.4 is 10.6 Å². The molecular formula is C11H20IN5. The van der Waals surface area contributed by atoms with Crippen molar-refractivity contribution >= 4 is 29.9 Å². The second-order valence-electron chi connectivity index (χ2n) is 4.11. The van der Waals surface area contributed by atoms with Gasteiger partial charge in [0.05, 0.1) is 0 Å². The van der Waals surface area contributed by atoms with Crippen LogP contribution in [0.3, 0.4) is 0 Å². The molecular weight excluding hydrogens is 329 g/mol. The highest BCUT2D eigenvalue weighted by molar-refractivity contribution is 14.0. The SMILES string of the molecule is CN=C(NCCc1ccnn1C)NC1CC1.I. The highest BCUT2D eigenvalue weighted by Gasteiger charge is 2.21. The van der Waals surface area contributed by atoms with Crippen LogP contribution in [0.2, 0.25) is 0 Å². The van der Waals surface area contributed by atoms with Gasteiger partial charge in [-0.3, -0.25) is 9.67 Å². The molecule has 0 spiro atoms. The monoisotopic (exact) mass is 349 g/mol. The van der Waals surface area contributed by atoms with Crippen molar-refractivity contribution in [2.45, 2.75) is 25.3 Å². The molecule has 17 heavy (non-hydrogen) atoms. The van der Waals surface area contributed by atoms with Gasteiger partial charge in [-0.15, -0.1) is 24.0 Å². The first-order valence-electron chi connectivity index (χ1n) is 5.73. The number of nitrogens with zero attached hydrogens (tertiary/aromatic N) is 3. The van der Waals surface area contributed by atoms with Crippen LogP contribution in [0.1, 0.15) is 18.5 Å². The molecule has 1 aliphatic rings. The van der Waals surface area contributed by atoms with Crippen molar-refractivity contribution in [3.05, 3.63) is 18.0 Å². The summed E-state index contributed by atoms with van der Waals surface area (Å²) in [6.07, 6.45) is 5.32. The molecule has 1 saturated carbocycles. The Morgan fingerprint density at radius 3 is 2.88 bits per heavy atom. The van der Waals surface area contributed by atoms with E-state index in [1.807, 2.05) is 31.0 Å². The van der Waals surface area contributed by atoms with Gasteiger partial charge >= 0.3 is 0 Å². The summed E-state index contributed by atoms with van der Waals surface area (Å²) >= 11 is 0. The van der Waals surface area contributed by atoms with E-state index in [-0.39, 0.29) is 24.0 Å². The highest BCUT2D eigenvalue weighted by atomic mass is 127. The zero-order valence-corrected chi connectivity index (χ0v) is 12.6. The lowest BCUT2D eigenvalue weighted by Crippen LogP contribution is -2.39. The summed E-state index contributed by atoms with van der Waals surface area (Å²) in [6.45, 7) is 0.881. The van der Waals surface area contributed by atoms with Crippen LogP contribution in [-0.4, -0.2) is 35.4 Å². The molecule has 0 atom stereocenters. The Morgan fingerprint density at radius 2 is 2.35 bits per heavy atom. The van der Waals surface area contributed by atoms with Gasteiger partial charge in [-0.25, -0.2) is 0 Å². The molecule has 2 rings (SSSR count). The Labute approximate surface area is 119 Å². The minimum Gasteiger partial charge on any atom is -0.356 e. The smallest absolute Gasteiger partial charge is 0.191 e. The van der Waals surface area contributed by atoms with Gasteiger partial charge in [0, 0.05) is 45.0 Å². The lowest BCUT2D eigenvalue weighted by molar-refractivity contribution is 0.689. The standard InChI is InChI=1S/C11H19N5.HI/c1-12-11(15-9-3-4-9)13-7-5-10-6-8-14-16(10)2;/h6,8-9H,3-5,7H2,1-2H3,(H2,12,13,15);1H. The number of hydrogen-bond acceptors (Lipinski definition) is 2. The first kappa shape index (κ1) is 14.3. The van der Waals surface area contributed by atoms with E-state index in [2.05, 4.69) is 20.7 Å². The Hall–Kier alpha value is -0.790. The van der Waals surface area contributed by atoms with Crippen molar-refractivity contribution in [1.82, 2.24) is 20.4 Å². The summed E-state index contributed by atoms with van der Waals surface area (Å²) in [5.74, 6) is 0.907. The van der Waals surface area contributed by atoms with Crippen LogP contribution in [0, 0.1) is 0 Å². The average Bonchev–Trinajstić information content (AvgIpc) is 3.01. The van der Waals surface area contributed by atoms with Crippen molar-refractivity contribution < 1.29 is 0 Å². The van der Waals surface area contributed by atoms with Crippen molar-refractivity contribution in [2.75, 3.05) is 13.6 Å². The van der Waals surface area contributed by atoms with Gasteiger partial charge in [0.2, 0.25) is 0 Å². The second-order valence-corrected chi connectivity index (χ2v) is 4.11. The largest absolute Gasteiger partial charge is 0.356 e. The Balaban J connectivity index is 0.00000144. The molecule has 1 aromatic rings. The quantitative estimate of drug-likeness (QED) is 0.483. The average molecular weight is 349 g/mol. The first-order chi connectivity index (χ1) is 7.79. The first-order valence-corrected chi connectivity index (χ1v) is 5.73. The van der Waals surface area contributed by atoms with Crippen LogP contribution in [0.15, 0.2) is 17.3 Å². The molecule has 0 aliphatic heterocycles. The third kappa shape index (κ3) is 4.53. The molecule has 1 aromatic heterocycles. The summed E-state index contributed by atoms with van der Waals surface area (Å²) in [6, 6.07) is 2.68. The topological polar surface area (TPSA) is 54.2 Å². The number of aromatic nitrogens is 2. The van der Waals surface area contributed by atoms with Gasteiger partial charge in [0.1, 0.15) is 0 Å². The predicted octanol–water partition coefficient (Wildman–Crippen LogP) is 0.908. The van der Waals surface area contributed by atoms with Crippen molar-refractivity contribution in [2.24, 2.45) is 12.0 Å². The molecule has 5 nitrogen and oxygen atoms in total. The summed E-state index contributed by atoms with van der Waals surface area (Å²) in [4.78, 5) is 4.18. The van der Waals surface area contributed by atoms with Crippen LogP contribution in [0.4, 0.5) is 0 Å². The van der Waals surface area contributed by atoms with E-state index in [4.69, 9.17) is 0 Å². The number of aliphatic imine (C=N–C) groups is 1. The van der Waals surface area contributed by atoms with E-state index in [0.717, 1.165) is 18.9 Å². The molecule has 0 aromatic carbocycles. The molecule has 2 N–H and O–H groups in total. The fourth-order valence-electron chi connectivity index (χ4n) is 1.57. The summed E-state index contributed by atoms with van der Waals surface area (Å²) in [7, 11) is 3.77. The third-order valence-electron chi connectivity index (χ3n) is 2.74. The van der Waals surface area contributed by atoms with Gasteiger partial charge < -0.3 is 10.6 Å². The van der Waals surface area contributed by atoms with E-state index >= 15 is 0 Å². The van der Waals surface area contributed by atoms with Gasteiger partial charge in [-0.1, -0.05) is 0 Å². The maximum absolute atomic E-state index is 4.18. The van der Waals surface area contributed by atoms with Crippen molar-refractivity contribution in [1.29, 1.82) is 0 Å². The molecule has 1 aliphatic carbocycles. The van der Waals surface area contributed by atoms with Crippen LogP contribution in [-0.2, 0) is 13.5 Å². The van der Waals surface area contributed by atoms with E-state index in [9.17, 15) is 0 Å². The minimum absolute atomic E-state index is 0. The Morgan fingerprint density at radius 1 is 1.59 bits per heavy atom. The predicted molar refractivity (Wildman–Crippen MR) is 79.8 cm³/mol. The molecule has 0 radical (unpaired) electrons. The number of halogens is 1. The normalized spacial score (nSPS) is 15.3. The summed E-state index contributed by atoms with van der Waals surface area (Å²) in [5.41, 5.74) is 1.23. The number of rotatable bonds is 4. The van der Waals surface area contributed by atoms with E-state index in [0.29, 0.717) is 6.04 Å². The number of guanidine groups is 1. The fourth-order valence-corrected chi connectivity index (χ4v) is 1.57. The zero-order valence-electron chi connectivity index (χ0n) is 10.3. The lowest BCUT2D eigenvalue weighted by Gasteiger charge is -2.10. The van der Waals surface area contributed by atoms with Gasteiger partial charge in [-0.2, -0.15) is 5.10 Å². The van der Waals surface area contributed by atoms with Crippen molar-refractivity contribution in [3.63, 3.8) is 0 Å². The zero-order chi connectivity index (χ0) is 11.4. The Bertz CT molecular complexity index is 370. The molecule has 0 amide bonds. The lowest BCUT2D eigenvalue weighted by atomic mass is 10.3. The molecule has 1 heterocycles. The summed E-state index contributed by atoms with van der Waals surface area (Å²) < 4.78 is 1.90. The minimum atomic E-state index is 0. The maximum Gasteiger partial charge on any atom is 0.191 e. The second kappa shape index (κ2) is 6.83. The van der Waals surface area contributed by atoms with Crippen LogP contribution >= 0.6 is 24.0 Å². The number of nitrogens with one attached hydrogen (secondary N) is 2. The van der Waals surface area contributed by atoms with E-state index in [1.165, 1.54) is 18.5 Å². The Kier molecular flexibility index (Phi) is 5.73. The summed E-state index contributed by atoms with van der Waals surface area (Å²) in [5, 5.41) is 10.8. The molecule has 0 bridgehead atoms. The number of hydrogen-bond donors (Lipinski definition) is 2. The van der Waals surface area contributed by atoms with Crippen molar-refractivity contribution in [3.8, 4) is 0 Å². The third-order valence-corrected chi connectivity index (χ3v) is 2.74. The van der Waals surface area contributed by atoms with Gasteiger partial charge in [0.25, 0.3) is 0 Å². The molecule has 96 valence electrons. The van der Waals surface area contributed by atoms with E-state index < -0.39 is 0 Å². The maximum atomic E-state index is 4.18. The number of aryl methyl sites for hydroxylation is 1. The van der Waals surface area contributed by atoms with Gasteiger partial charge in [0.15, 0.2) is 5.96 Å². The molecule has 0 saturated heterocycles. The van der Waals surface area contributed by atoms with Gasteiger partial charge in [-0.05, 0) is 18.9 Å². The van der Waals surface area contributed by atoms with Crippen LogP contribution in [0.25, 0.3) is 0 Å². The molecule has 6 heteroatoms. The highest BCUT2D eigenvalue weighted by Crippen LogP contribution is 2.18. The van der Waals surface area contributed by atoms with Crippen LogP contribution in [0.5, 0.6) is 0 Å².